The minimum atomic E-state index is 0.456. The van der Waals surface area contributed by atoms with E-state index in [1.807, 2.05) is 12.2 Å². The molecule has 18 heavy (non-hydrogen) atoms. The van der Waals surface area contributed by atoms with E-state index in [-0.39, 0.29) is 0 Å². The van der Waals surface area contributed by atoms with Crippen molar-refractivity contribution in [3.8, 4) is 5.69 Å². The molecule has 1 aromatic heterocycles. The fourth-order valence-corrected chi connectivity index (χ4v) is 2.06. The van der Waals surface area contributed by atoms with Gasteiger partial charge < -0.3 is 9.77 Å². The lowest BCUT2D eigenvalue weighted by Crippen LogP contribution is -2.04. The summed E-state index contributed by atoms with van der Waals surface area (Å²) in [5, 5.41) is 8.47. The molecule has 2 N–H and O–H groups in total. The summed E-state index contributed by atoms with van der Waals surface area (Å²) >= 11 is 0. The van der Waals surface area contributed by atoms with E-state index in [2.05, 4.69) is 60.3 Å². The van der Waals surface area contributed by atoms with Gasteiger partial charge in [-0.15, -0.1) is 0 Å². The minimum absolute atomic E-state index is 0.456. The van der Waals surface area contributed by atoms with Gasteiger partial charge in [0.2, 0.25) is 0 Å². The Labute approximate surface area is 107 Å². The maximum Gasteiger partial charge on any atom is 0.0455 e. The summed E-state index contributed by atoms with van der Waals surface area (Å²) in [6, 6.07) is 12.6. The highest BCUT2D eigenvalue weighted by atomic mass is 16.5. The zero-order valence-electron chi connectivity index (χ0n) is 10.7. The van der Waals surface area contributed by atoms with Gasteiger partial charge in [0.1, 0.15) is 0 Å². The summed E-state index contributed by atoms with van der Waals surface area (Å²) in [6.45, 7) is 4.67. The van der Waals surface area contributed by atoms with Gasteiger partial charge in [0.25, 0.3) is 0 Å². The summed E-state index contributed by atoms with van der Waals surface area (Å²) in [4.78, 5) is 0. The van der Waals surface area contributed by atoms with Crippen molar-refractivity contribution in [2.75, 3.05) is 6.54 Å². The monoisotopic (exact) mass is 242 g/mol. The van der Waals surface area contributed by atoms with Gasteiger partial charge >= 0.3 is 0 Å². The zero-order valence-corrected chi connectivity index (χ0v) is 10.7. The number of hydroxylamine groups is 1. The lowest BCUT2D eigenvalue weighted by atomic mass is 10.2. The first-order valence-corrected chi connectivity index (χ1v) is 6.01. The van der Waals surface area contributed by atoms with E-state index < -0.39 is 0 Å². The number of aryl methyl sites for hydroxylation is 2. The topological polar surface area (TPSA) is 37.2 Å². The molecule has 0 fully saturated rings. The lowest BCUT2D eigenvalue weighted by molar-refractivity contribution is 0.180. The van der Waals surface area contributed by atoms with Crippen molar-refractivity contribution >= 4 is 6.08 Å². The maximum absolute atomic E-state index is 8.47. The van der Waals surface area contributed by atoms with Gasteiger partial charge in [-0.25, -0.2) is 5.48 Å². The van der Waals surface area contributed by atoms with Crippen molar-refractivity contribution in [3.63, 3.8) is 0 Å². The van der Waals surface area contributed by atoms with E-state index in [0.29, 0.717) is 6.54 Å². The molecule has 0 aliphatic rings. The largest absolute Gasteiger partial charge is 0.319 e. The van der Waals surface area contributed by atoms with Crippen LogP contribution in [-0.4, -0.2) is 16.3 Å². The summed E-state index contributed by atoms with van der Waals surface area (Å²) < 4.78 is 2.22. The second-order valence-electron chi connectivity index (χ2n) is 4.31. The van der Waals surface area contributed by atoms with Crippen LogP contribution in [0.25, 0.3) is 11.8 Å². The molecule has 0 amide bonds. The molecule has 2 aromatic rings. The highest BCUT2D eigenvalue weighted by molar-refractivity contribution is 5.52. The van der Waals surface area contributed by atoms with E-state index in [0.717, 1.165) is 5.56 Å². The number of hydrogen-bond donors (Lipinski definition) is 2. The van der Waals surface area contributed by atoms with Gasteiger partial charge in [-0.3, -0.25) is 0 Å². The Morgan fingerprint density at radius 3 is 2.22 bits per heavy atom. The van der Waals surface area contributed by atoms with Gasteiger partial charge in [-0.05, 0) is 43.7 Å². The highest BCUT2D eigenvalue weighted by Gasteiger charge is 2.02. The van der Waals surface area contributed by atoms with Crippen LogP contribution in [0.1, 0.15) is 17.0 Å². The van der Waals surface area contributed by atoms with Gasteiger partial charge in [0.05, 0.1) is 0 Å². The molecule has 3 nitrogen and oxygen atoms in total. The van der Waals surface area contributed by atoms with Crippen LogP contribution in [-0.2, 0) is 0 Å². The van der Waals surface area contributed by atoms with Crippen LogP contribution in [0.2, 0.25) is 0 Å². The molecule has 0 saturated carbocycles. The SMILES string of the molecule is Cc1ccc(C)n1-c1ccc(C=CCNO)cc1. The lowest BCUT2D eigenvalue weighted by Gasteiger charge is -2.09. The average molecular weight is 242 g/mol. The summed E-state index contributed by atoms with van der Waals surface area (Å²) in [6.07, 6.45) is 3.85. The standard InChI is InChI=1S/C15H18N2O/c1-12-5-6-13(2)17(12)15-9-7-14(8-10-15)4-3-11-16-18/h3-10,16,18H,11H2,1-2H3. The highest BCUT2D eigenvalue weighted by Crippen LogP contribution is 2.17. The van der Waals surface area contributed by atoms with Crippen LogP contribution in [0.15, 0.2) is 42.5 Å². The number of hydrogen-bond acceptors (Lipinski definition) is 2. The number of nitrogens with zero attached hydrogens (tertiary/aromatic N) is 1. The molecule has 94 valence electrons. The van der Waals surface area contributed by atoms with Crippen molar-refractivity contribution in [2.45, 2.75) is 13.8 Å². The van der Waals surface area contributed by atoms with E-state index in [4.69, 9.17) is 5.21 Å². The van der Waals surface area contributed by atoms with E-state index in [1.165, 1.54) is 17.1 Å². The van der Waals surface area contributed by atoms with Crippen LogP contribution in [0.5, 0.6) is 0 Å². The third kappa shape index (κ3) is 2.70. The molecule has 0 atom stereocenters. The normalized spacial score (nSPS) is 11.3. The van der Waals surface area contributed by atoms with Gasteiger partial charge in [0, 0.05) is 23.6 Å². The Hall–Kier alpha value is -1.84. The van der Waals surface area contributed by atoms with Crippen molar-refractivity contribution in [2.24, 2.45) is 0 Å². The third-order valence-electron chi connectivity index (χ3n) is 2.94. The summed E-state index contributed by atoms with van der Waals surface area (Å²) in [5.74, 6) is 0. The Bertz CT molecular complexity index is 519. The van der Waals surface area contributed by atoms with Crippen molar-refractivity contribution in [3.05, 3.63) is 59.4 Å². The molecule has 0 unspecified atom stereocenters. The van der Waals surface area contributed by atoms with Gasteiger partial charge in [0.15, 0.2) is 0 Å². The number of aromatic nitrogens is 1. The van der Waals surface area contributed by atoms with Crippen molar-refractivity contribution in [1.29, 1.82) is 0 Å². The van der Waals surface area contributed by atoms with Crippen LogP contribution in [0.4, 0.5) is 0 Å². The van der Waals surface area contributed by atoms with E-state index >= 15 is 0 Å². The molecule has 2 rings (SSSR count). The molecule has 0 aliphatic carbocycles. The second-order valence-corrected chi connectivity index (χ2v) is 4.31. The quantitative estimate of drug-likeness (QED) is 0.808. The second kappa shape index (κ2) is 5.67. The Morgan fingerprint density at radius 1 is 1.06 bits per heavy atom. The molecule has 1 aromatic carbocycles. The average Bonchev–Trinajstić information content (AvgIpc) is 2.71. The van der Waals surface area contributed by atoms with Crippen molar-refractivity contribution in [1.82, 2.24) is 10.0 Å². The molecular weight excluding hydrogens is 224 g/mol. The van der Waals surface area contributed by atoms with Crippen LogP contribution in [0, 0.1) is 13.8 Å². The van der Waals surface area contributed by atoms with Crippen LogP contribution < -0.4 is 5.48 Å². The molecule has 0 radical (unpaired) electrons. The molecule has 0 aliphatic heterocycles. The van der Waals surface area contributed by atoms with Gasteiger partial charge in [-0.1, -0.05) is 24.3 Å². The van der Waals surface area contributed by atoms with E-state index in [9.17, 15) is 0 Å². The molecule has 0 bridgehead atoms. The summed E-state index contributed by atoms with van der Waals surface area (Å²) in [7, 11) is 0. The maximum atomic E-state index is 8.47. The zero-order chi connectivity index (χ0) is 13.0. The van der Waals surface area contributed by atoms with Crippen LogP contribution in [0.3, 0.4) is 0 Å². The first-order chi connectivity index (χ1) is 8.72. The fourth-order valence-electron chi connectivity index (χ4n) is 2.06. The molecule has 1 heterocycles. The first kappa shape index (κ1) is 12.6. The number of rotatable bonds is 4. The molecular formula is C15H18N2O. The Balaban J connectivity index is 2.23. The van der Waals surface area contributed by atoms with Crippen LogP contribution >= 0.6 is 0 Å². The Kier molecular flexibility index (Phi) is 3.97. The third-order valence-corrected chi connectivity index (χ3v) is 2.94. The predicted molar refractivity (Wildman–Crippen MR) is 74.1 cm³/mol. The van der Waals surface area contributed by atoms with Crippen molar-refractivity contribution < 1.29 is 5.21 Å². The van der Waals surface area contributed by atoms with Gasteiger partial charge in [-0.2, -0.15) is 0 Å². The number of benzene rings is 1. The number of nitrogens with one attached hydrogen (secondary N) is 1. The molecule has 0 spiro atoms. The minimum Gasteiger partial charge on any atom is -0.319 e. The van der Waals surface area contributed by atoms with E-state index in [1.54, 1.807) is 0 Å². The Morgan fingerprint density at radius 2 is 1.67 bits per heavy atom. The smallest absolute Gasteiger partial charge is 0.0455 e. The molecule has 3 heteroatoms. The summed E-state index contributed by atoms with van der Waals surface area (Å²) in [5.41, 5.74) is 6.86. The molecule has 0 saturated heterocycles. The fraction of sp³-hybridized carbons (Fsp3) is 0.200. The first-order valence-electron chi connectivity index (χ1n) is 6.01. The predicted octanol–water partition coefficient (Wildman–Crippen LogP) is 3.09.